The molecule has 3 N–H and O–H groups in total. The number of rotatable bonds is 4. The van der Waals surface area contributed by atoms with Gasteiger partial charge in [-0.15, -0.1) is 23.7 Å². The highest BCUT2D eigenvalue weighted by Gasteiger charge is 2.36. The average Bonchev–Trinajstić information content (AvgIpc) is 3.48. The summed E-state index contributed by atoms with van der Waals surface area (Å²) in [5, 5.41) is 1.31. The van der Waals surface area contributed by atoms with Crippen LogP contribution in [0.2, 0.25) is 0 Å². The molecule has 0 bridgehead atoms. The van der Waals surface area contributed by atoms with Gasteiger partial charge in [-0.1, -0.05) is 12.1 Å². The normalized spacial score (nSPS) is 21.1. The predicted molar refractivity (Wildman–Crippen MR) is 140 cm³/mol. The Labute approximate surface area is 218 Å². The number of anilines is 1. The third kappa shape index (κ3) is 5.10. The van der Waals surface area contributed by atoms with Gasteiger partial charge in [0.15, 0.2) is 5.69 Å². The van der Waals surface area contributed by atoms with Gasteiger partial charge in [-0.2, -0.15) is 13.2 Å². The van der Waals surface area contributed by atoms with Gasteiger partial charge in [-0.3, -0.25) is 4.79 Å². The van der Waals surface area contributed by atoms with E-state index in [9.17, 15) is 18.0 Å². The van der Waals surface area contributed by atoms with Crippen LogP contribution >= 0.6 is 23.7 Å². The predicted octanol–water partition coefficient (Wildman–Crippen LogP) is 6.60. The van der Waals surface area contributed by atoms with Gasteiger partial charge in [-0.05, 0) is 69.2 Å². The number of H-pyrrole nitrogens is 1. The number of nitrogens with one attached hydrogen (secondary N) is 1. The van der Waals surface area contributed by atoms with Crippen molar-refractivity contribution in [2.75, 3.05) is 11.4 Å². The van der Waals surface area contributed by atoms with Crippen molar-refractivity contribution < 1.29 is 18.0 Å². The minimum Gasteiger partial charge on any atom is -0.359 e. The van der Waals surface area contributed by atoms with E-state index in [1.54, 1.807) is 17.0 Å². The largest absolute Gasteiger partial charge is 0.434 e. The fourth-order valence-electron chi connectivity index (χ4n) is 5.02. The number of carbonyl (C=O) groups excluding carboxylic acids is 1. The van der Waals surface area contributed by atoms with E-state index in [-0.39, 0.29) is 29.4 Å². The lowest BCUT2D eigenvalue weighted by molar-refractivity contribution is -0.140. The molecule has 192 valence electrons. The highest BCUT2D eigenvalue weighted by Crippen LogP contribution is 2.43. The van der Waals surface area contributed by atoms with E-state index in [0.717, 1.165) is 70.6 Å². The van der Waals surface area contributed by atoms with Gasteiger partial charge >= 0.3 is 6.18 Å². The molecule has 1 aliphatic heterocycles. The molecule has 3 heterocycles. The molecular formula is C26H28ClF3N4OS. The molecule has 10 heteroatoms. The minimum atomic E-state index is -4.49. The van der Waals surface area contributed by atoms with Crippen LogP contribution in [0.4, 0.5) is 18.9 Å². The summed E-state index contributed by atoms with van der Waals surface area (Å²) in [5.74, 6) is 0.245. The third-order valence-electron chi connectivity index (χ3n) is 6.91. The number of thiazole rings is 1. The van der Waals surface area contributed by atoms with Crippen LogP contribution in [0, 0.1) is 19.8 Å². The lowest BCUT2D eigenvalue weighted by Crippen LogP contribution is -2.36. The zero-order valence-corrected chi connectivity index (χ0v) is 21.6. The topological polar surface area (TPSA) is 75.0 Å². The number of benzene rings is 1. The Bertz CT molecular complexity index is 1300. The second-order valence-corrected chi connectivity index (χ2v) is 10.4. The number of nitrogens with zero attached hydrogens (tertiary/aromatic N) is 2. The summed E-state index contributed by atoms with van der Waals surface area (Å²) in [5.41, 5.74) is 10.8. The summed E-state index contributed by atoms with van der Waals surface area (Å²) >= 11 is 0.953. The van der Waals surface area contributed by atoms with Crippen LogP contribution in [0.15, 0.2) is 29.6 Å². The van der Waals surface area contributed by atoms with Gasteiger partial charge in [0.05, 0.1) is 11.3 Å². The molecule has 3 aromatic rings. The maximum absolute atomic E-state index is 13.7. The lowest BCUT2D eigenvalue weighted by Gasteiger charge is -2.30. The molecule has 1 fully saturated rings. The SMILES string of the molecule is Cc1cc(C)c(/C=C2\C(=O)N(CC3CCC(N)CC3)c3cc(-c4nc(C(F)(F)F)cs4)ccc32)[nH]1.Cl. The molecule has 5 nitrogen and oxygen atoms in total. The summed E-state index contributed by atoms with van der Waals surface area (Å²) < 4.78 is 39.3. The van der Waals surface area contributed by atoms with Gasteiger partial charge in [0, 0.05) is 40.5 Å². The molecule has 0 radical (unpaired) electrons. The molecule has 1 aromatic carbocycles. The number of aromatic nitrogens is 2. The van der Waals surface area contributed by atoms with Crippen LogP contribution < -0.4 is 10.6 Å². The van der Waals surface area contributed by atoms with Crippen molar-refractivity contribution in [3.63, 3.8) is 0 Å². The second-order valence-electron chi connectivity index (χ2n) is 9.57. The smallest absolute Gasteiger partial charge is 0.359 e. The summed E-state index contributed by atoms with van der Waals surface area (Å²) in [6.45, 7) is 4.52. The molecule has 0 saturated heterocycles. The molecule has 1 amide bonds. The van der Waals surface area contributed by atoms with Crippen molar-refractivity contribution in [3.05, 3.63) is 57.9 Å². The van der Waals surface area contributed by atoms with Crippen molar-refractivity contribution >= 4 is 47.0 Å². The van der Waals surface area contributed by atoms with E-state index in [4.69, 9.17) is 5.73 Å². The Balaban J connectivity index is 0.00000304. The molecule has 5 rings (SSSR count). The summed E-state index contributed by atoms with van der Waals surface area (Å²) in [7, 11) is 0. The Morgan fingerprint density at radius 3 is 2.53 bits per heavy atom. The van der Waals surface area contributed by atoms with Crippen LogP contribution in [0.1, 0.15) is 53.9 Å². The number of aromatic amines is 1. The molecule has 0 atom stereocenters. The van der Waals surface area contributed by atoms with E-state index in [1.807, 2.05) is 32.1 Å². The van der Waals surface area contributed by atoms with Gasteiger partial charge in [0.2, 0.25) is 0 Å². The summed E-state index contributed by atoms with van der Waals surface area (Å²) in [6.07, 6.45) is 1.16. The van der Waals surface area contributed by atoms with Gasteiger partial charge in [-0.25, -0.2) is 4.98 Å². The van der Waals surface area contributed by atoms with Crippen molar-refractivity contribution in [2.24, 2.45) is 11.7 Å². The number of hydrogen-bond acceptors (Lipinski definition) is 4. The fourth-order valence-corrected chi connectivity index (χ4v) is 5.84. The maximum atomic E-state index is 13.7. The van der Waals surface area contributed by atoms with Crippen molar-refractivity contribution in [1.29, 1.82) is 0 Å². The van der Waals surface area contributed by atoms with E-state index in [1.165, 1.54) is 0 Å². The molecule has 36 heavy (non-hydrogen) atoms. The number of nitrogens with two attached hydrogens (primary N) is 1. The first-order valence-electron chi connectivity index (χ1n) is 11.7. The first-order chi connectivity index (χ1) is 16.6. The number of halogens is 4. The lowest BCUT2D eigenvalue weighted by atomic mass is 9.86. The first kappa shape index (κ1) is 26.4. The zero-order chi connectivity index (χ0) is 24.9. The highest BCUT2D eigenvalue weighted by atomic mass is 35.5. The minimum absolute atomic E-state index is 0. The Morgan fingerprint density at radius 2 is 1.92 bits per heavy atom. The number of carbonyl (C=O) groups is 1. The molecule has 2 aromatic heterocycles. The monoisotopic (exact) mass is 536 g/mol. The first-order valence-corrected chi connectivity index (χ1v) is 12.6. The van der Waals surface area contributed by atoms with Crippen LogP contribution in [0.25, 0.3) is 22.2 Å². The van der Waals surface area contributed by atoms with E-state index < -0.39 is 11.9 Å². The van der Waals surface area contributed by atoms with Crippen LogP contribution in [-0.4, -0.2) is 28.5 Å². The Kier molecular flexibility index (Phi) is 7.37. The Hall–Kier alpha value is -2.62. The summed E-state index contributed by atoms with van der Waals surface area (Å²) in [4.78, 5) is 22.6. The summed E-state index contributed by atoms with van der Waals surface area (Å²) in [6, 6.07) is 7.61. The molecule has 2 aliphatic rings. The zero-order valence-electron chi connectivity index (χ0n) is 20.0. The van der Waals surface area contributed by atoms with Crippen molar-refractivity contribution in [1.82, 2.24) is 9.97 Å². The van der Waals surface area contributed by atoms with Gasteiger partial charge < -0.3 is 15.6 Å². The van der Waals surface area contributed by atoms with E-state index >= 15 is 0 Å². The number of amides is 1. The number of aryl methyl sites for hydroxylation is 2. The second kappa shape index (κ2) is 10.0. The molecule has 0 unspecified atom stereocenters. The van der Waals surface area contributed by atoms with Crippen LogP contribution in [0.5, 0.6) is 0 Å². The maximum Gasteiger partial charge on any atom is 0.434 e. The molecule has 0 spiro atoms. The molecule has 1 aliphatic carbocycles. The van der Waals surface area contributed by atoms with Gasteiger partial charge in [0.1, 0.15) is 5.01 Å². The Morgan fingerprint density at radius 1 is 1.19 bits per heavy atom. The molecule has 1 saturated carbocycles. The quantitative estimate of drug-likeness (QED) is 0.369. The fraction of sp³-hybridized carbons (Fsp3) is 0.385. The highest BCUT2D eigenvalue weighted by molar-refractivity contribution is 7.13. The number of alkyl halides is 3. The number of fused-ring (bicyclic) bond motifs is 1. The standard InChI is InChI=1S/C26H27F3N4OS.ClH/c1-14-9-15(2)31-21(14)11-20-19-8-5-17(24-32-23(13-35-24)26(27,28)29)10-22(19)33(25(20)34)12-16-3-6-18(30)7-4-16;/h5,8-11,13,16,18,31H,3-4,6-7,12,30H2,1-2H3;1H/b20-11-;. The van der Waals surface area contributed by atoms with Crippen LogP contribution in [-0.2, 0) is 11.0 Å². The third-order valence-corrected chi connectivity index (χ3v) is 7.80. The molecular weight excluding hydrogens is 509 g/mol. The van der Waals surface area contributed by atoms with Crippen LogP contribution in [0.3, 0.4) is 0 Å². The van der Waals surface area contributed by atoms with Crippen molar-refractivity contribution in [2.45, 2.75) is 51.7 Å². The van der Waals surface area contributed by atoms with E-state index in [2.05, 4.69) is 9.97 Å². The van der Waals surface area contributed by atoms with E-state index in [0.29, 0.717) is 23.6 Å². The number of hydrogen-bond donors (Lipinski definition) is 2. The van der Waals surface area contributed by atoms with Gasteiger partial charge in [0.25, 0.3) is 5.91 Å². The van der Waals surface area contributed by atoms with Crippen molar-refractivity contribution in [3.8, 4) is 10.6 Å². The average molecular weight is 537 g/mol.